The third-order valence-electron chi connectivity index (χ3n) is 3.12. The molecule has 2 rings (SSSR count). The Morgan fingerprint density at radius 1 is 1.61 bits per heavy atom. The summed E-state index contributed by atoms with van der Waals surface area (Å²) in [6.45, 7) is 2.94. The zero-order valence-electron chi connectivity index (χ0n) is 10.4. The second kappa shape index (κ2) is 5.45. The molecule has 0 saturated carbocycles. The molecule has 2 atom stereocenters. The number of nitrogens with two attached hydrogens (primary N) is 1. The fraction of sp³-hybridized carbons (Fsp3) is 0.727. The second-order valence-corrected chi connectivity index (χ2v) is 4.56. The Labute approximate surface area is 105 Å². The number of rotatable bonds is 5. The summed E-state index contributed by atoms with van der Waals surface area (Å²) < 4.78 is 7.31. The van der Waals surface area contributed by atoms with E-state index in [1.165, 1.54) is 0 Å². The number of aromatic nitrogens is 3. The first-order chi connectivity index (χ1) is 8.61. The van der Waals surface area contributed by atoms with Crippen LogP contribution >= 0.6 is 0 Å². The van der Waals surface area contributed by atoms with Crippen LogP contribution in [-0.2, 0) is 17.7 Å². The van der Waals surface area contributed by atoms with Crippen molar-refractivity contribution in [3.8, 4) is 0 Å². The first-order valence-corrected chi connectivity index (χ1v) is 6.13. The molecule has 2 heterocycles. The standard InChI is InChI=1S/C11H18N4O3/c1-7-2-3-8(18-7)6-15-9(4-5-12)10(11(16)17)13-14-15/h7-8H,2-6,12H2,1H3,(H,16,17). The lowest BCUT2D eigenvalue weighted by molar-refractivity contribution is 0.0428. The molecule has 3 N–H and O–H groups in total. The highest BCUT2D eigenvalue weighted by molar-refractivity contribution is 5.86. The molecular weight excluding hydrogens is 236 g/mol. The number of aromatic carboxylic acids is 1. The highest BCUT2D eigenvalue weighted by atomic mass is 16.5. The number of carbonyl (C=O) groups is 1. The molecule has 2 unspecified atom stereocenters. The summed E-state index contributed by atoms with van der Waals surface area (Å²) in [5.41, 5.74) is 6.06. The van der Waals surface area contributed by atoms with Crippen LogP contribution in [0.25, 0.3) is 0 Å². The summed E-state index contributed by atoms with van der Waals surface area (Å²) in [6, 6.07) is 0. The van der Waals surface area contributed by atoms with E-state index in [-0.39, 0.29) is 17.9 Å². The summed E-state index contributed by atoms with van der Waals surface area (Å²) >= 11 is 0. The molecule has 0 spiro atoms. The van der Waals surface area contributed by atoms with E-state index in [0.29, 0.717) is 25.2 Å². The Kier molecular flexibility index (Phi) is 3.93. The predicted octanol–water partition coefficient (Wildman–Crippen LogP) is 0.0450. The van der Waals surface area contributed by atoms with E-state index in [1.54, 1.807) is 4.68 Å². The monoisotopic (exact) mass is 254 g/mol. The smallest absolute Gasteiger partial charge is 0.358 e. The van der Waals surface area contributed by atoms with Gasteiger partial charge in [0.15, 0.2) is 5.69 Å². The van der Waals surface area contributed by atoms with Crippen molar-refractivity contribution in [2.45, 2.75) is 44.9 Å². The van der Waals surface area contributed by atoms with Crippen LogP contribution < -0.4 is 5.73 Å². The molecule has 0 bridgehead atoms. The quantitative estimate of drug-likeness (QED) is 0.769. The SMILES string of the molecule is CC1CCC(Cn2nnc(C(=O)O)c2CCN)O1. The van der Waals surface area contributed by atoms with Crippen LogP contribution in [0.4, 0.5) is 0 Å². The van der Waals surface area contributed by atoms with Crippen LogP contribution in [0, 0.1) is 0 Å². The van der Waals surface area contributed by atoms with Crippen molar-refractivity contribution >= 4 is 5.97 Å². The van der Waals surface area contributed by atoms with Gasteiger partial charge in [-0.15, -0.1) is 5.10 Å². The maximum absolute atomic E-state index is 11.0. The molecule has 0 aromatic carbocycles. The fourth-order valence-electron chi connectivity index (χ4n) is 2.24. The summed E-state index contributed by atoms with van der Waals surface area (Å²) in [5.74, 6) is -1.06. The van der Waals surface area contributed by atoms with Gasteiger partial charge in [-0.25, -0.2) is 9.48 Å². The van der Waals surface area contributed by atoms with Crippen LogP contribution in [0.2, 0.25) is 0 Å². The molecular formula is C11H18N4O3. The lowest BCUT2D eigenvalue weighted by atomic mass is 10.2. The van der Waals surface area contributed by atoms with Crippen LogP contribution in [-0.4, -0.2) is 44.8 Å². The number of carboxylic acid groups (broad SMARTS) is 1. The minimum absolute atomic E-state index is 0.00787. The van der Waals surface area contributed by atoms with Gasteiger partial charge in [-0.3, -0.25) is 0 Å². The molecule has 1 aliphatic heterocycles. The fourth-order valence-corrected chi connectivity index (χ4v) is 2.24. The van der Waals surface area contributed by atoms with Gasteiger partial charge in [-0.2, -0.15) is 0 Å². The van der Waals surface area contributed by atoms with Crippen molar-refractivity contribution < 1.29 is 14.6 Å². The number of carboxylic acids is 1. The van der Waals surface area contributed by atoms with E-state index in [9.17, 15) is 4.79 Å². The number of hydrogen-bond acceptors (Lipinski definition) is 5. The number of ether oxygens (including phenoxy) is 1. The Morgan fingerprint density at radius 3 is 2.94 bits per heavy atom. The normalized spacial score (nSPS) is 23.4. The predicted molar refractivity (Wildman–Crippen MR) is 63.3 cm³/mol. The molecule has 1 aliphatic rings. The van der Waals surface area contributed by atoms with Crippen molar-refractivity contribution in [1.82, 2.24) is 15.0 Å². The Balaban J connectivity index is 2.14. The topological polar surface area (TPSA) is 103 Å². The molecule has 1 saturated heterocycles. The van der Waals surface area contributed by atoms with Crippen LogP contribution in [0.3, 0.4) is 0 Å². The van der Waals surface area contributed by atoms with E-state index in [4.69, 9.17) is 15.6 Å². The molecule has 0 aliphatic carbocycles. The number of nitrogens with zero attached hydrogens (tertiary/aromatic N) is 3. The van der Waals surface area contributed by atoms with E-state index >= 15 is 0 Å². The summed E-state index contributed by atoms with van der Waals surface area (Å²) in [7, 11) is 0. The van der Waals surface area contributed by atoms with E-state index in [0.717, 1.165) is 12.8 Å². The highest BCUT2D eigenvalue weighted by Crippen LogP contribution is 2.21. The molecule has 18 heavy (non-hydrogen) atoms. The summed E-state index contributed by atoms with van der Waals surface area (Å²) in [4.78, 5) is 11.0. The molecule has 1 fully saturated rings. The summed E-state index contributed by atoms with van der Waals surface area (Å²) in [5, 5.41) is 16.6. The molecule has 7 heteroatoms. The van der Waals surface area contributed by atoms with Gasteiger partial charge in [0.2, 0.25) is 0 Å². The molecule has 100 valence electrons. The lowest BCUT2D eigenvalue weighted by Gasteiger charge is -2.12. The van der Waals surface area contributed by atoms with Crippen molar-refractivity contribution in [2.75, 3.05) is 6.54 Å². The van der Waals surface area contributed by atoms with Gasteiger partial charge in [0.1, 0.15) is 0 Å². The van der Waals surface area contributed by atoms with Gasteiger partial charge >= 0.3 is 5.97 Å². The average molecular weight is 254 g/mol. The zero-order valence-corrected chi connectivity index (χ0v) is 10.4. The van der Waals surface area contributed by atoms with Gasteiger partial charge in [-0.05, 0) is 26.3 Å². The second-order valence-electron chi connectivity index (χ2n) is 4.56. The lowest BCUT2D eigenvalue weighted by Crippen LogP contribution is -2.21. The summed E-state index contributed by atoms with van der Waals surface area (Å²) in [6.07, 6.45) is 2.79. The molecule has 0 amide bonds. The maximum atomic E-state index is 11.0. The van der Waals surface area contributed by atoms with E-state index in [1.807, 2.05) is 6.92 Å². The number of hydrogen-bond donors (Lipinski definition) is 2. The molecule has 0 radical (unpaired) electrons. The first kappa shape index (κ1) is 13.0. The molecule has 1 aromatic heterocycles. The minimum Gasteiger partial charge on any atom is -0.476 e. The molecule has 1 aromatic rings. The van der Waals surface area contributed by atoms with E-state index in [2.05, 4.69) is 10.3 Å². The largest absolute Gasteiger partial charge is 0.476 e. The van der Waals surface area contributed by atoms with Crippen LogP contribution in [0.1, 0.15) is 35.9 Å². The third-order valence-corrected chi connectivity index (χ3v) is 3.12. The van der Waals surface area contributed by atoms with Crippen LogP contribution in [0.15, 0.2) is 0 Å². The van der Waals surface area contributed by atoms with Gasteiger partial charge in [-0.1, -0.05) is 5.21 Å². The van der Waals surface area contributed by atoms with Crippen molar-refractivity contribution in [2.24, 2.45) is 5.73 Å². The average Bonchev–Trinajstić information content (AvgIpc) is 2.88. The van der Waals surface area contributed by atoms with Gasteiger partial charge in [0.25, 0.3) is 0 Å². The first-order valence-electron chi connectivity index (χ1n) is 6.13. The van der Waals surface area contributed by atoms with E-state index < -0.39 is 5.97 Å². The van der Waals surface area contributed by atoms with Gasteiger partial charge in [0, 0.05) is 6.42 Å². The molecule has 7 nitrogen and oxygen atoms in total. The Hall–Kier alpha value is -1.47. The third kappa shape index (κ3) is 2.68. The van der Waals surface area contributed by atoms with Gasteiger partial charge in [0.05, 0.1) is 24.4 Å². The minimum atomic E-state index is -1.06. The van der Waals surface area contributed by atoms with Crippen molar-refractivity contribution in [3.05, 3.63) is 11.4 Å². The Morgan fingerprint density at radius 2 is 2.39 bits per heavy atom. The van der Waals surface area contributed by atoms with Crippen LogP contribution in [0.5, 0.6) is 0 Å². The highest BCUT2D eigenvalue weighted by Gasteiger charge is 2.25. The maximum Gasteiger partial charge on any atom is 0.358 e. The zero-order chi connectivity index (χ0) is 13.1. The van der Waals surface area contributed by atoms with Gasteiger partial charge < -0.3 is 15.6 Å². The van der Waals surface area contributed by atoms with Crippen molar-refractivity contribution in [3.63, 3.8) is 0 Å². The van der Waals surface area contributed by atoms with Crippen molar-refractivity contribution in [1.29, 1.82) is 0 Å². The Bertz CT molecular complexity index is 432.